The lowest BCUT2D eigenvalue weighted by molar-refractivity contribution is -0.137. The zero-order chi connectivity index (χ0) is 19.9. The van der Waals surface area contributed by atoms with E-state index >= 15 is 0 Å². The fourth-order valence-corrected chi connectivity index (χ4v) is 3.23. The predicted molar refractivity (Wildman–Crippen MR) is 94.4 cm³/mol. The number of rotatable bonds is 5. The molecule has 0 bridgehead atoms. The summed E-state index contributed by atoms with van der Waals surface area (Å²) in [5.74, 6) is 0.576. The summed E-state index contributed by atoms with van der Waals surface area (Å²) in [5.41, 5.74) is 1.29. The summed E-state index contributed by atoms with van der Waals surface area (Å²) >= 11 is 0. The monoisotopic (exact) mass is 393 g/mol. The lowest BCUT2D eigenvalue weighted by Gasteiger charge is -2.13. The molecule has 0 spiro atoms. The Morgan fingerprint density at radius 3 is 2.89 bits per heavy atom. The molecule has 0 fully saturated rings. The van der Waals surface area contributed by atoms with Gasteiger partial charge in [0.15, 0.2) is 12.2 Å². The molecule has 3 aromatic rings. The molecule has 2 N–H and O–H groups in total. The standard InChI is InChI=1S/C17H18F3N7O/c1-3-21-15-10(17(18,19)20)6-22-16(25-15)24-12-7-27(26-9(12)2)13-5-4-11-14(13)28-8-23-11/h6-8,13H,3-5H2,1-2H3,(H2,21,22,24,25). The van der Waals surface area contributed by atoms with Gasteiger partial charge in [-0.3, -0.25) is 4.68 Å². The molecule has 1 aliphatic rings. The van der Waals surface area contributed by atoms with Crippen molar-refractivity contribution in [3.63, 3.8) is 0 Å². The molecule has 0 radical (unpaired) electrons. The van der Waals surface area contributed by atoms with Crippen LogP contribution in [-0.2, 0) is 12.6 Å². The number of aryl methyl sites for hydroxylation is 2. The number of nitrogens with one attached hydrogen (secondary N) is 2. The van der Waals surface area contributed by atoms with Crippen molar-refractivity contribution in [1.82, 2.24) is 24.7 Å². The second-order valence-corrected chi connectivity index (χ2v) is 6.43. The molecule has 0 amide bonds. The molecular formula is C17H18F3N7O. The van der Waals surface area contributed by atoms with Crippen molar-refractivity contribution in [1.29, 1.82) is 0 Å². The Kier molecular flexibility index (Phi) is 4.44. The SMILES string of the molecule is CCNc1nc(Nc2cn(C3CCc4ncoc43)nc2C)ncc1C(F)(F)F. The quantitative estimate of drug-likeness (QED) is 0.683. The van der Waals surface area contributed by atoms with Crippen molar-refractivity contribution in [2.24, 2.45) is 0 Å². The third-order valence-corrected chi connectivity index (χ3v) is 4.55. The van der Waals surface area contributed by atoms with Crippen LogP contribution in [-0.4, -0.2) is 31.3 Å². The van der Waals surface area contributed by atoms with Crippen molar-refractivity contribution < 1.29 is 17.6 Å². The summed E-state index contributed by atoms with van der Waals surface area (Å²) in [6, 6.07) is -0.0578. The number of nitrogens with zero attached hydrogens (tertiary/aromatic N) is 5. The number of alkyl halides is 3. The van der Waals surface area contributed by atoms with Crippen molar-refractivity contribution in [3.8, 4) is 0 Å². The zero-order valence-electron chi connectivity index (χ0n) is 15.2. The van der Waals surface area contributed by atoms with Gasteiger partial charge in [-0.05, 0) is 26.7 Å². The van der Waals surface area contributed by atoms with E-state index in [1.807, 2.05) is 0 Å². The van der Waals surface area contributed by atoms with Gasteiger partial charge in [-0.1, -0.05) is 0 Å². The molecule has 1 unspecified atom stereocenters. The molecule has 148 valence electrons. The van der Waals surface area contributed by atoms with Gasteiger partial charge in [0.25, 0.3) is 0 Å². The predicted octanol–water partition coefficient (Wildman–Crippen LogP) is 3.70. The van der Waals surface area contributed by atoms with Gasteiger partial charge in [0.05, 0.1) is 17.1 Å². The maximum Gasteiger partial charge on any atom is 0.421 e. The molecule has 0 saturated heterocycles. The largest absolute Gasteiger partial charge is 0.446 e. The first kappa shape index (κ1) is 18.3. The highest BCUT2D eigenvalue weighted by atomic mass is 19.4. The Bertz CT molecular complexity index is 995. The Labute approximate surface area is 158 Å². The van der Waals surface area contributed by atoms with E-state index in [1.165, 1.54) is 6.39 Å². The van der Waals surface area contributed by atoms with Gasteiger partial charge >= 0.3 is 6.18 Å². The van der Waals surface area contributed by atoms with Crippen LogP contribution >= 0.6 is 0 Å². The molecule has 3 aromatic heterocycles. The van der Waals surface area contributed by atoms with Crippen molar-refractivity contribution in [2.45, 2.75) is 38.9 Å². The first-order valence-corrected chi connectivity index (χ1v) is 8.80. The minimum Gasteiger partial charge on any atom is -0.446 e. The van der Waals surface area contributed by atoms with Crippen LogP contribution in [0, 0.1) is 6.92 Å². The Morgan fingerprint density at radius 2 is 2.14 bits per heavy atom. The highest BCUT2D eigenvalue weighted by molar-refractivity contribution is 5.58. The van der Waals surface area contributed by atoms with Crippen molar-refractivity contribution in [3.05, 3.63) is 41.5 Å². The minimum absolute atomic E-state index is 0.0541. The molecule has 1 atom stereocenters. The fourth-order valence-electron chi connectivity index (χ4n) is 3.23. The topological polar surface area (TPSA) is 93.7 Å². The lowest BCUT2D eigenvalue weighted by atomic mass is 10.2. The van der Waals surface area contributed by atoms with Crippen LogP contribution in [0.4, 0.5) is 30.6 Å². The van der Waals surface area contributed by atoms with Crippen LogP contribution in [0.5, 0.6) is 0 Å². The Balaban J connectivity index is 1.60. The fraction of sp³-hybridized carbons (Fsp3) is 0.412. The molecular weight excluding hydrogens is 375 g/mol. The number of fused-ring (bicyclic) bond motifs is 1. The molecule has 4 rings (SSSR count). The van der Waals surface area contributed by atoms with Gasteiger partial charge in [-0.2, -0.15) is 23.3 Å². The zero-order valence-corrected chi connectivity index (χ0v) is 15.2. The van der Waals surface area contributed by atoms with Gasteiger partial charge in [0.1, 0.15) is 17.4 Å². The molecule has 3 heterocycles. The number of oxazole rings is 1. The second-order valence-electron chi connectivity index (χ2n) is 6.43. The Morgan fingerprint density at radius 1 is 1.32 bits per heavy atom. The number of hydrogen-bond donors (Lipinski definition) is 2. The summed E-state index contributed by atoms with van der Waals surface area (Å²) in [7, 11) is 0. The van der Waals surface area contributed by atoms with E-state index in [9.17, 15) is 13.2 Å². The van der Waals surface area contributed by atoms with Gasteiger partial charge in [-0.25, -0.2) is 9.97 Å². The minimum atomic E-state index is -4.53. The van der Waals surface area contributed by atoms with Crippen molar-refractivity contribution >= 4 is 17.5 Å². The summed E-state index contributed by atoms with van der Waals surface area (Å²) in [5, 5.41) is 10.1. The van der Waals surface area contributed by atoms with Crippen LogP contribution in [0.1, 0.15) is 42.1 Å². The lowest BCUT2D eigenvalue weighted by Crippen LogP contribution is -2.14. The van der Waals surface area contributed by atoms with E-state index in [0.717, 1.165) is 30.5 Å². The average Bonchev–Trinajstić information content (AvgIpc) is 3.31. The van der Waals surface area contributed by atoms with E-state index in [1.54, 1.807) is 24.7 Å². The van der Waals surface area contributed by atoms with Gasteiger partial charge in [0.2, 0.25) is 5.95 Å². The maximum atomic E-state index is 13.1. The molecule has 11 heteroatoms. The van der Waals surface area contributed by atoms with Crippen LogP contribution in [0.3, 0.4) is 0 Å². The van der Waals surface area contributed by atoms with E-state index in [2.05, 4.69) is 30.7 Å². The van der Waals surface area contributed by atoms with Gasteiger partial charge in [0, 0.05) is 18.9 Å². The second kappa shape index (κ2) is 6.80. The first-order valence-electron chi connectivity index (χ1n) is 8.80. The average molecular weight is 393 g/mol. The summed E-state index contributed by atoms with van der Waals surface area (Å²) < 4.78 is 46.5. The van der Waals surface area contributed by atoms with E-state index in [-0.39, 0.29) is 17.8 Å². The molecule has 28 heavy (non-hydrogen) atoms. The van der Waals surface area contributed by atoms with E-state index in [0.29, 0.717) is 17.9 Å². The summed E-state index contributed by atoms with van der Waals surface area (Å²) in [4.78, 5) is 12.0. The van der Waals surface area contributed by atoms with E-state index in [4.69, 9.17) is 4.42 Å². The van der Waals surface area contributed by atoms with Crippen LogP contribution < -0.4 is 10.6 Å². The van der Waals surface area contributed by atoms with E-state index < -0.39 is 11.7 Å². The molecule has 0 saturated carbocycles. The summed E-state index contributed by atoms with van der Waals surface area (Å²) in [6.45, 7) is 3.80. The molecule has 0 aromatic carbocycles. The third-order valence-electron chi connectivity index (χ3n) is 4.55. The molecule has 8 nitrogen and oxygen atoms in total. The number of aromatic nitrogens is 5. The summed E-state index contributed by atoms with van der Waals surface area (Å²) in [6.07, 6.45) is 1.06. The number of anilines is 3. The smallest absolute Gasteiger partial charge is 0.421 e. The molecule has 1 aliphatic carbocycles. The van der Waals surface area contributed by atoms with Crippen LogP contribution in [0.25, 0.3) is 0 Å². The van der Waals surface area contributed by atoms with Gasteiger partial charge in [-0.15, -0.1) is 0 Å². The third kappa shape index (κ3) is 3.27. The number of hydrogen-bond acceptors (Lipinski definition) is 7. The molecule has 0 aliphatic heterocycles. The Hall–Kier alpha value is -3.11. The number of halogens is 3. The highest BCUT2D eigenvalue weighted by Gasteiger charge is 2.35. The normalized spacial score (nSPS) is 16.2. The maximum absolute atomic E-state index is 13.1. The van der Waals surface area contributed by atoms with Crippen molar-refractivity contribution in [2.75, 3.05) is 17.2 Å². The van der Waals surface area contributed by atoms with Crippen LogP contribution in [0.2, 0.25) is 0 Å². The van der Waals surface area contributed by atoms with Gasteiger partial charge < -0.3 is 15.1 Å². The van der Waals surface area contributed by atoms with Crippen LogP contribution in [0.15, 0.2) is 23.2 Å². The first-order chi connectivity index (χ1) is 13.4. The highest BCUT2D eigenvalue weighted by Crippen LogP contribution is 2.36.